The molecule has 0 saturated carbocycles. The summed E-state index contributed by atoms with van der Waals surface area (Å²) in [6, 6.07) is 6.43. The van der Waals surface area contributed by atoms with Gasteiger partial charge in [0, 0.05) is 24.5 Å². The van der Waals surface area contributed by atoms with Crippen molar-refractivity contribution in [1.29, 1.82) is 0 Å². The summed E-state index contributed by atoms with van der Waals surface area (Å²) in [4.78, 5) is 15.4. The fourth-order valence-corrected chi connectivity index (χ4v) is 3.22. The van der Waals surface area contributed by atoms with Gasteiger partial charge in [-0.3, -0.25) is 4.79 Å². The average molecular weight is 234 g/mol. The average Bonchev–Trinajstić information content (AvgIpc) is 2.64. The van der Waals surface area contributed by atoms with E-state index in [1.54, 1.807) is 11.8 Å². The highest BCUT2D eigenvalue weighted by Gasteiger charge is 2.39. The van der Waals surface area contributed by atoms with Crippen molar-refractivity contribution in [1.82, 2.24) is 10.2 Å². The van der Waals surface area contributed by atoms with Crippen LogP contribution in [0.1, 0.15) is 22.0 Å². The molecule has 84 valence electrons. The number of nitrogens with one attached hydrogen (secondary N) is 1. The number of amides is 1. The van der Waals surface area contributed by atoms with Crippen LogP contribution in [0.2, 0.25) is 0 Å². The zero-order chi connectivity index (χ0) is 11.1. The minimum atomic E-state index is 0.214. The van der Waals surface area contributed by atoms with Crippen LogP contribution in [0.5, 0.6) is 0 Å². The lowest BCUT2D eigenvalue weighted by atomic mass is 10.0. The highest BCUT2D eigenvalue weighted by atomic mass is 32.2. The molecule has 1 saturated heterocycles. The number of fused-ring (bicyclic) bond motifs is 3. The van der Waals surface area contributed by atoms with E-state index < -0.39 is 0 Å². The van der Waals surface area contributed by atoms with Crippen LogP contribution in [0, 0.1) is 0 Å². The van der Waals surface area contributed by atoms with E-state index >= 15 is 0 Å². The molecule has 1 aromatic rings. The van der Waals surface area contributed by atoms with E-state index in [4.69, 9.17) is 0 Å². The molecule has 2 heterocycles. The van der Waals surface area contributed by atoms with Gasteiger partial charge in [0.05, 0.1) is 11.6 Å². The number of hydrogen-bond acceptors (Lipinski definition) is 3. The van der Waals surface area contributed by atoms with Gasteiger partial charge < -0.3 is 10.2 Å². The van der Waals surface area contributed by atoms with Crippen LogP contribution in [0.25, 0.3) is 0 Å². The second-order valence-corrected chi connectivity index (χ2v) is 4.99. The molecule has 3 nitrogen and oxygen atoms in total. The van der Waals surface area contributed by atoms with Gasteiger partial charge in [-0.2, -0.15) is 0 Å². The molecule has 0 radical (unpaired) electrons. The van der Waals surface area contributed by atoms with Crippen LogP contribution in [0.4, 0.5) is 0 Å². The Kier molecular flexibility index (Phi) is 2.41. The van der Waals surface area contributed by atoms with Gasteiger partial charge in [0.1, 0.15) is 0 Å². The van der Waals surface area contributed by atoms with E-state index in [1.165, 1.54) is 5.56 Å². The number of hydrogen-bond donors (Lipinski definition) is 1. The summed E-state index contributed by atoms with van der Waals surface area (Å²) in [5.74, 6) is 0.214. The lowest BCUT2D eigenvalue weighted by Crippen LogP contribution is -2.44. The Morgan fingerprint density at radius 2 is 2.38 bits per heavy atom. The van der Waals surface area contributed by atoms with Crippen LogP contribution >= 0.6 is 11.8 Å². The lowest BCUT2D eigenvalue weighted by molar-refractivity contribution is 0.0689. The van der Waals surface area contributed by atoms with Crippen molar-refractivity contribution in [3.63, 3.8) is 0 Å². The van der Waals surface area contributed by atoms with Gasteiger partial charge in [0.2, 0.25) is 0 Å². The molecule has 1 N–H and O–H groups in total. The van der Waals surface area contributed by atoms with E-state index in [0.29, 0.717) is 0 Å². The summed E-state index contributed by atoms with van der Waals surface area (Å²) in [7, 11) is 0. The second kappa shape index (κ2) is 3.79. The highest BCUT2D eigenvalue weighted by molar-refractivity contribution is 7.98. The highest BCUT2D eigenvalue weighted by Crippen LogP contribution is 2.38. The molecule has 0 bridgehead atoms. The fraction of sp³-hybridized carbons (Fsp3) is 0.417. The third-order valence-corrected chi connectivity index (χ3v) is 4.14. The van der Waals surface area contributed by atoms with Gasteiger partial charge in [-0.25, -0.2) is 0 Å². The van der Waals surface area contributed by atoms with Gasteiger partial charge in [0.15, 0.2) is 0 Å². The van der Waals surface area contributed by atoms with Gasteiger partial charge in [0.25, 0.3) is 5.91 Å². The monoisotopic (exact) mass is 234 g/mol. The number of thioether (sulfide) groups is 1. The quantitative estimate of drug-likeness (QED) is 0.748. The maximum atomic E-state index is 12.3. The van der Waals surface area contributed by atoms with Crippen molar-refractivity contribution in [3.8, 4) is 0 Å². The molecular weight excluding hydrogens is 220 g/mol. The molecule has 1 aromatic carbocycles. The summed E-state index contributed by atoms with van der Waals surface area (Å²) in [6.07, 6.45) is 2.03. The summed E-state index contributed by atoms with van der Waals surface area (Å²) >= 11 is 1.66. The zero-order valence-corrected chi connectivity index (χ0v) is 10.0. The van der Waals surface area contributed by atoms with Crippen molar-refractivity contribution in [2.75, 3.05) is 25.9 Å². The lowest BCUT2D eigenvalue weighted by Gasteiger charge is -2.30. The van der Waals surface area contributed by atoms with Crippen molar-refractivity contribution < 1.29 is 4.79 Å². The first kappa shape index (κ1) is 10.2. The molecule has 1 fully saturated rings. The molecule has 0 aliphatic carbocycles. The molecule has 3 rings (SSSR count). The predicted molar refractivity (Wildman–Crippen MR) is 64.9 cm³/mol. The molecule has 0 aromatic heterocycles. The smallest absolute Gasteiger partial charge is 0.255 e. The second-order valence-electron chi connectivity index (χ2n) is 4.14. The van der Waals surface area contributed by atoms with Crippen LogP contribution in [0.15, 0.2) is 23.1 Å². The van der Waals surface area contributed by atoms with E-state index in [-0.39, 0.29) is 11.9 Å². The van der Waals surface area contributed by atoms with E-state index in [1.807, 2.05) is 17.2 Å². The molecule has 2 aliphatic rings. The predicted octanol–water partition coefficient (Wildman–Crippen LogP) is 1.51. The Hall–Kier alpha value is -1.00. The Morgan fingerprint density at radius 1 is 1.50 bits per heavy atom. The standard InChI is InChI=1S/C12H14N2OS/c1-16-10-4-2-3-8-9-7-13-5-6-14(9)12(15)11(8)10/h2-4,9,13H,5-7H2,1H3. The minimum Gasteiger partial charge on any atom is -0.329 e. The molecule has 1 amide bonds. The SMILES string of the molecule is CSc1cccc2c1C(=O)N1CCNCC21. The number of piperazine rings is 1. The van der Waals surface area contributed by atoms with Gasteiger partial charge in [-0.15, -0.1) is 11.8 Å². The van der Waals surface area contributed by atoms with Crippen molar-refractivity contribution in [2.45, 2.75) is 10.9 Å². The van der Waals surface area contributed by atoms with Gasteiger partial charge >= 0.3 is 0 Å². The first-order valence-corrected chi connectivity index (χ1v) is 6.74. The van der Waals surface area contributed by atoms with Crippen molar-refractivity contribution >= 4 is 17.7 Å². The largest absolute Gasteiger partial charge is 0.329 e. The minimum absolute atomic E-state index is 0.214. The zero-order valence-electron chi connectivity index (χ0n) is 9.19. The topological polar surface area (TPSA) is 32.3 Å². The normalized spacial score (nSPS) is 23.2. The first-order valence-electron chi connectivity index (χ1n) is 5.51. The van der Waals surface area contributed by atoms with Gasteiger partial charge in [-0.1, -0.05) is 12.1 Å². The van der Waals surface area contributed by atoms with E-state index in [0.717, 1.165) is 30.1 Å². The Bertz CT molecular complexity index is 447. The summed E-state index contributed by atoms with van der Waals surface area (Å²) in [5.41, 5.74) is 2.13. The van der Waals surface area contributed by atoms with Crippen LogP contribution in [0.3, 0.4) is 0 Å². The van der Waals surface area contributed by atoms with Crippen LogP contribution in [-0.2, 0) is 0 Å². The molecule has 1 atom stereocenters. The van der Waals surface area contributed by atoms with Crippen molar-refractivity contribution in [2.24, 2.45) is 0 Å². The number of carbonyl (C=O) groups is 1. The molecule has 16 heavy (non-hydrogen) atoms. The molecule has 4 heteroatoms. The van der Waals surface area contributed by atoms with Crippen molar-refractivity contribution in [3.05, 3.63) is 29.3 Å². The summed E-state index contributed by atoms with van der Waals surface area (Å²) in [6.45, 7) is 2.62. The Labute approximate surface area is 99.2 Å². The van der Waals surface area contributed by atoms with Crippen LogP contribution in [-0.4, -0.2) is 36.7 Å². The number of rotatable bonds is 1. The third kappa shape index (κ3) is 1.30. The van der Waals surface area contributed by atoms with E-state index in [9.17, 15) is 4.79 Å². The maximum Gasteiger partial charge on any atom is 0.255 e. The first-order chi connectivity index (χ1) is 7.83. The summed E-state index contributed by atoms with van der Waals surface area (Å²) in [5, 5.41) is 3.35. The molecule has 1 unspecified atom stereocenters. The van der Waals surface area contributed by atoms with E-state index in [2.05, 4.69) is 17.4 Å². The fourth-order valence-electron chi connectivity index (χ4n) is 2.59. The van der Waals surface area contributed by atoms with Gasteiger partial charge in [-0.05, 0) is 17.9 Å². The number of carbonyl (C=O) groups excluding carboxylic acids is 1. The molecule has 2 aliphatic heterocycles. The Balaban J connectivity index is 2.13. The molecule has 0 spiro atoms. The summed E-state index contributed by atoms with van der Waals surface area (Å²) < 4.78 is 0. The number of benzene rings is 1. The van der Waals surface area contributed by atoms with Crippen LogP contribution < -0.4 is 5.32 Å². The Morgan fingerprint density at radius 3 is 3.19 bits per heavy atom. The number of nitrogens with zero attached hydrogens (tertiary/aromatic N) is 1. The maximum absolute atomic E-state index is 12.3. The molecular formula is C12H14N2OS. The third-order valence-electron chi connectivity index (χ3n) is 3.36.